The number of pyridine rings is 1. The van der Waals surface area contributed by atoms with Crippen molar-refractivity contribution in [2.75, 3.05) is 0 Å². The van der Waals surface area contributed by atoms with E-state index in [4.69, 9.17) is 11.6 Å². The van der Waals surface area contributed by atoms with E-state index in [0.717, 1.165) is 16.6 Å². The monoisotopic (exact) mass is 301 g/mol. The van der Waals surface area contributed by atoms with Gasteiger partial charge in [0.15, 0.2) is 0 Å². The van der Waals surface area contributed by atoms with Crippen molar-refractivity contribution in [3.63, 3.8) is 0 Å². The number of aryl methyl sites for hydroxylation is 1. The van der Waals surface area contributed by atoms with Crippen LogP contribution in [0.2, 0.25) is 5.02 Å². The first-order valence-electron chi connectivity index (χ1n) is 6.55. The van der Waals surface area contributed by atoms with Crippen LogP contribution in [-0.2, 0) is 0 Å². The molecule has 1 atom stereocenters. The van der Waals surface area contributed by atoms with Crippen LogP contribution < -0.4 is 0 Å². The molecule has 0 saturated carbocycles. The van der Waals surface area contributed by atoms with E-state index >= 15 is 0 Å². The molecule has 0 aliphatic heterocycles. The second-order valence-electron chi connectivity index (χ2n) is 4.94. The average Bonchev–Trinajstić information content (AvgIpc) is 2.48. The van der Waals surface area contributed by atoms with Gasteiger partial charge in [-0.3, -0.25) is 4.98 Å². The lowest BCUT2D eigenvalue weighted by atomic mass is 9.97. The molecule has 0 saturated heterocycles. The van der Waals surface area contributed by atoms with Crippen molar-refractivity contribution in [2.24, 2.45) is 0 Å². The lowest BCUT2D eigenvalue weighted by molar-refractivity contribution is 0.221. The number of aliphatic hydroxyl groups excluding tert-OH is 1. The fourth-order valence-electron chi connectivity index (χ4n) is 2.46. The molecule has 2 nitrogen and oxygen atoms in total. The molecule has 0 bridgehead atoms. The van der Waals surface area contributed by atoms with Crippen LogP contribution in [0.1, 0.15) is 22.9 Å². The van der Waals surface area contributed by atoms with E-state index in [1.807, 2.05) is 31.2 Å². The van der Waals surface area contributed by atoms with Crippen molar-refractivity contribution in [3.8, 4) is 0 Å². The molecule has 1 heterocycles. The van der Waals surface area contributed by atoms with Crippen molar-refractivity contribution < 1.29 is 9.50 Å². The van der Waals surface area contributed by atoms with Crippen LogP contribution in [0.15, 0.2) is 48.5 Å². The maximum Gasteiger partial charge on any atom is 0.123 e. The number of halogens is 2. The Bertz CT molecular complexity index is 819. The van der Waals surface area contributed by atoms with E-state index in [0.29, 0.717) is 16.1 Å². The minimum absolute atomic E-state index is 0.336. The number of hydrogen-bond acceptors (Lipinski definition) is 2. The fraction of sp³-hybridized carbons (Fsp3) is 0.118. The molecule has 1 aromatic heterocycles. The average molecular weight is 302 g/mol. The highest BCUT2D eigenvalue weighted by molar-refractivity contribution is 6.31. The summed E-state index contributed by atoms with van der Waals surface area (Å²) >= 11 is 6.09. The molecule has 4 heteroatoms. The lowest BCUT2D eigenvalue weighted by Crippen LogP contribution is -2.03. The van der Waals surface area contributed by atoms with Crippen molar-refractivity contribution in [3.05, 3.63) is 76.2 Å². The number of rotatable bonds is 2. The molecule has 0 radical (unpaired) electrons. The molecule has 1 N–H and O–H groups in total. The maximum absolute atomic E-state index is 13.4. The lowest BCUT2D eigenvalue weighted by Gasteiger charge is -2.16. The van der Waals surface area contributed by atoms with E-state index in [1.165, 1.54) is 18.2 Å². The van der Waals surface area contributed by atoms with Gasteiger partial charge in [0.1, 0.15) is 11.9 Å². The second kappa shape index (κ2) is 5.43. The van der Waals surface area contributed by atoms with E-state index in [-0.39, 0.29) is 0 Å². The molecule has 3 rings (SSSR count). The molecule has 0 aliphatic carbocycles. The standard InChI is InChI=1S/C17H13ClFNO/c1-10-8-13(12-4-2-3-5-16(12)20-10)17(21)14-9-11(19)6-7-15(14)18/h2-9,17,21H,1H3. The Balaban J connectivity index is 2.22. The molecule has 1 unspecified atom stereocenters. The molecule has 0 fully saturated rings. The summed E-state index contributed by atoms with van der Waals surface area (Å²) in [5.74, 6) is -0.427. The van der Waals surface area contributed by atoms with Gasteiger partial charge in [-0.1, -0.05) is 29.8 Å². The predicted octanol–water partition coefficient (Wildman–Crippen LogP) is 4.42. The van der Waals surface area contributed by atoms with Crippen molar-refractivity contribution in [2.45, 2.75) is 13.0 Å². The minimum atomic E-state index is -1.00. The van der Waals surface area contributed by atoms with Crippen molar-refractivity contribution in [1.29, 1.82) is 0 Å². The SMILES string of the molecule is Cc1cc(C(O)c2cc(F)ccc2Cl)c2ccccc2n1. The number of nitrogens with zero attached hydrogens (tertiary/aromatic N) is 1. The second-order valence-corrected chi connectivity index (χ2v) is 5.35. The highest BCUT2D eigenvalue weighted by Gasteiger charge is 2.18. The van der Waals surface area contributed by atoms with E-state index in [1.54, 1.807) is 6.07 Å². The first-order valence-corrected chi connectivity index (χ1v) is 6.93. The summed E-state index contributed by atoms with van der Waals surface area (Å²) in [7, 11) is 0. The van der Waals surface area contributed by atoms with E-state index < -0.39 is 11.9 Å². The van der Waals surface area contributed by atoms with Crippen LogP contribution in [0.3, 0.4) is 0 Å². The minimum Gasteiger partial charge on any atom is -0.384 e. The zero-order valence-electron chi connectivity index (χ0n) is 11.3. The van der Waals surface area contributed by atoms with Gasteiger partial charge in [-0.2, -0.15) is 0 Å². The normalized spacial score (nSPS) is 12.6. The third-order valence-corrected chi connectivity index (χ3v) is 3.77. The van der Waals surface area contributed by atoms with Gasteiger partial charge in [0.25, 0.3) is 0 Å². The molecule has 0 amide bonds. The summed E-state index contributed by atoms with van der Waals surface area (Å²) in [5, 5.41) is 11.8. The number of benzene rings is 2. The Morgan fingerprint density at radius 3 is 2.67 bits per heavy atom. The summed E-state index contributed by atoms with van der Waals surface area (Å²) in [5.41, 5.74) is 2.60. The summed E-state index contributed by atoms with van der Waals surface area (Å²) in [6.07, 6.45) is -1.00. The number of aliphatic hydroxyl groups is 1. The number of para-hydroxylation sites is 1. The highest BCUT2D eigenvalue weighted by Crippen LogP contribution is 2.32. The van der Waals surface area contributed by atoms with Gasteiger partial charge in [-0.15, -0.1) is 0 Å². The smallest absolute Gasteiger partial charge is 0.123 e. The topological polar surface area (TPSA) is 33.1 Å². The Morgan fingerprint density at radius 1 is 1.10 bits per heavy atom. The molecule has 2 aromatic carbocycles. The Labute approximate surface area is 126 Å². The third-order valence-electron chi connectivity index (χ3n) is 3.42. The molecule has 21 heavy (non-hydrogen) atoms. The Kier molecular flexibility index (Phi) is 3.62. The fourth-order valence-corrected chi connectivity index (χ4v) is 2.68. The summed E-state index contributed by atoms with van der Waals surface area (Å²) in [6.45, 7) is 1.86. The Morgan fingerprint density at radius 2 is 1.86 bits per heavy atom. The molecular weight excluding hydrogens is 289 g/mol. The molecule has 0 spiro atoms. The van der Waals surface area contributed by atoms with Gasteiger partial charge in [0.05, 0.1) is 5.52 Å². The van der Waals surface area contributed by atoms with Crippen LogP contribution in [0.5, 0.6) is 0 Å². The van der Waals surface area contributed by atoms with Crippen LogP contribution in [0.25, 0.3) is 10.9 Å². The van der Waals surface area contributed by atoms with Crippen LogP contribution >= 0.6 is 11.6 Å². The van der Waals surface area contributed by atoms with Crippen LogP contribution in [0.4, 0.5) is 4.39 Å². The number of hydrogen-bond donors (Lipinski definition) is 1. The first-order chi connectivity index (χ1) is 10.1. The summed E-state index contributed by atoms with van der Waals surface area (Å²) in [4.78, 5) is 4.43. The van der Waals surface area contributed by atoms with Gasteiger partial charge >= 0.3 is 0 Å². The quantitative estimate of drug-likeness (QED) is 0.760. The predicted molar refractivity (Wildman–Crippen MR) is 82.0 cm³/mol. The largest absolute Gasteiger partial charge is 0.384 e. The zero-order chi connectivity index (χ0) is 15.0. The van der Waals surface area contributed by atoms with E-state index in [2.05, 4.69) is 4.98 Å². The first kappa shape index (κ1) is 14.0. The van der Waals surface area contributed by atoms with Gasteiger partial charge in [-0.25, -0.2) is 4.39 Å². The third kappa shape index (κ3) is 2.62. The van der Waals surface area contributed by atoms with Gasteiger partial charge in [0.2, 0.25) is 0 Å². The van der Waals surface area contributed by atoms with Crippen molar-refractivity contribution in [1.82, 2.24) is 4.98 Å². The molecule has 106 valence electrons. The molecule has 3 aromatic rings. The summed E-state index contributed by atoms with van der Waals surface area (Å²) in [6, 6.07) is 13.3. The number of aromatic nitrogens is 1. The van der Waals surface area contributed by atoms with Gasteiger partial charge in [0, 0.05) is 21.7 Å². The van der Waals surface area contributed by atoms with Gasteiger partial charge < -0.3 is 5.11 Å². The summed E-state index contributed by atoms with van der Waals surface area (Å²) < 4.78 is 13.4. The van der Waals surface area contributed by atoms with Gasteiger partial charge in [-0.05, 0) is 42.8 Å². The van der Waals surface area contributed by atoms with E-state index in [9.17, 15) is 9.50 Å². The van der Waals surface area contributed by atoms with Crippen molar-refractivity contribution >= 4 is 22.5 Å². The highest BCUT2D eigenvalue weighted by atomic mass is 35.5. The Hall–Kier alpha value is -1.97. The molecule has 0 aliphatic rings. The number of fused-ring (bicyclic) bond motifs is 1. The van der Waals surface area contributed by atoms with Crippen LogP contribution in [0, 0.1) is 12.7 Å². The zero-order valence-corrected chi connectivity index (χ0v) is 12.1. The molecular formula is C17H13ClFNO. The van der Waals surface area contributed by atoms with Crippen LogP contribution in [-0.4, -0.2) is 10.1 Å². The maximum atomic E-state index is 13.4.